The molecular formula is C13H18N2O3S. The zero-order chi connectivity index (χ0) is 14.3. The molecule has 0 heterocycles. The van der Waals surface area contributed by atoms with Crippen molar-refractivity contribution in [2.24, 2.45) is 0 Å². The number of para-hydroxylation sites is 1. The molecule has 0 aliphatic rings. The summed E-state index contributed by atoms with van der Waals surface area (Å²) in [5, 5.41) is 14.5. The molecule has 0 aromatic heterocycles. The third kappa shape index (κ3) is 5.76. The topological polar surface area (TPSA) is 78.4 Å². The number of benzene rings is 1. The number of Topliss-reactive ketones (excluding diaryl/α,β-unsaturated/α-hetero) is 1. The first-order chi connectivity index (χ1) is 9.00. The van der Waals surface area contributed by atoms with Gasteiger partial charge in [0.15, 0.2) is 5.78 Å². The standard InChI is InChI=1S/C13H18N2O3S/c1-9(16)14-8-12(19)13(18)11(17)7-15-10-5-3-2-4-6-10/h2-6,11-12,15,17,19H,7-8H2,1H3,(H,14,16)/t11-,12+/m0/s1. The average Bonchev–Trinajstić information content (AvgIpc) is 2.42. The van der Waals surface area contributed by atoms with Crippen LogP contribution in [0.5, 0.6) is 0 Å². The van der Waals surface area contributed by atoms with Crippen LogP contribution in [0.25, 0.3) is 0 Å². The predicted octanol–water partition coefficient (Wildman–Crippen LogP) is 0.463. The van der Waals surface area contributed by atoms with Crippen molar-refractivity contribution in [2.45, 2.75) is 18.3 Å². The van der Waals surface area contributed by atoms with Crippen LogP contribution in [0.4, 0.5) is 5.69 Å². The molecule has 0 aliphatic heterocycles. The molecule has 5 nitrogen and oxygen atoms in total. The van der Waals surface area contributed by atoms with Gasteiger partial charge in [0.05, 0.1) is 5.25 Å². The summed E-state index contributed by atoms with van der Waals surface area (Å²) >= 11 is 4.07. The fourth-order valence-corrected chi connectivity index (χ4v) is 1.70. The Hall–Kier alpha value is -1.53. The number of hydrogen-bond donors (Lipinski definition) is 4. The second-order valence-corrected chi connectivity index (χ2v) is 4.74. The number of rotatable bonds is 7. The monoisotopic (exact) mass is 282 g/mol. The van der Waals surface area contributed by atoms with Gasteiger partial charge >= 0.3 is 0 Å². The highest BCUT2D eigenvalue weighted by Crippen LogP contribution is 2.06. The lowest BCUT2D eigenvalue weighted by atomic mass is 10.1. The van der Waals surface area contributed by atoms with E-state index in [9.17, 15) is 14.7 Å². The van der Waals surface area contributed by atoms with E-state index in [0.717, 1.165) is 5.69 Å². The van der Waals surface area contributed by atoms with Gasteiger partial charge in [0.1, 0.15) is 6.10 Å². The molecule has 0 aliphatic carbocycles. The number of ketones is 1. The average molecular weight is 282 g/mol. The van der Waals surface area contributed by atoms with Crippen molar-refractivity contribution in [2.75, 3.05) is 18.4 Å². The molecule has 1 amide bonds. The molecule has 19 heavy (non-hydrogen) atoms. The quantitative estimate of drug-likeness (QED) is 0.548. The third-order valence-corrected chi connectivity index (χ3v) is 2.91. The number of aliphatic hydroxyl groups excluding tert-OH is 1. The van der Waals surface area contributed by atoms with Gasteiger partial charge in [-0.2, -0.15) is 12.6 Å². The number of thiol groups is 1. The number of nitrogens with one attached hydrogen (secondary N) is 2. The van der Waals surface area contributed by atoms with Crippen molar-refractivity contribution in [3.05, 3.63) is 30.3 Å². The fourth-order valence-electron chi connectivity index (χ4n) is 1.43. The molecule has 0 bridgehead atoms. The summed E-state index contributed by atoms with van der Waals surface area (Å²) in [6.45, 7) is 1.58. The zero-order valence-corrected chi connectivity index (χ0v) is 11.6. The van der Waals surface area contributed by atoms with Gasteiger partial charge in [-0.05, 0) is 12.1 Å². The van der Waals surface area contributed by atoms with Crippen LogP contribution in [0.1, 0.15) is 6.92 Å². The van der Waals surface area contributed by atoms with Crippen LogP contribution in [0.15, 0.2) is 30.3 Å². The highest BCUT2D eigenvalue weighted by atomic mass is 32.1. The van der Waals surface area contributed by atoms with E-state index in [1.165, 1.54) is 6.92 Å². The molecule has 6 heteroatoms. The van der Waals surface area contributed by atoms with E-state index in [1.54, 1.807) is 0 Å². The maximum atomic E-state index is 11.8. The molecular weight excluding hydrogens is 264 g/mol. The van der Waals surface area contributed by atoms with Crippen LogP contribution in [0, 0.1) is 0 Å². The van der Waals surface area contributed by atoms with Crippen molar-refractivity contribution in [1.82, 2.24) is 5.32 Å². The van der Waals surface area contributed by atoms with E-state index in [0.29, 0.717) is 0 Å². The number of anilines is 1. The van der Waals surface area contributed by atoms with E-state index in [1.807, 2.05) is 30.3 Å². The van der Waals surface area contributed by atoms with E-state index in [2.05, 4.69) is 23.3 Å². The highest BCUT2D eigenvalue weighted by Gasteiger charge is 2.22. The van der Waals surface area contributed by atoms with Gasteiger partial charge in [-0.25, -0.2) is 0 Å². The third-order valence-electron chi connectivity index (χ3n) is 2.47. The molecule has 0 saturated heterocycles. The van der Waals surface area contributed by atoms with Crippen molar-refractivity contribution in [3.63, 3.8) is 0 Å². The summed E-state index contributed by atoms with van der Waals surface area (Å²) < 4.78 is 0. The minimum Gasteiger partial charge on any atom is -0.383 e. The number of amides is 1. The van der Waals surface area contributed by atoms with Crippen LogP contribution in [-0.2, 0) is 9.59 Å². The van der Waals surface area contributed by atoms with Crippen molar-refractivity contribution < 1.29 is 14.7 Å². The van der Waals surface area contributed by atoms with Gasteiger partial charge in [0.2, 0.25) is 5.91 Å². The van der Waals surface area contributed by atoms with Crippen LogP contribution in [0.3, 0.4) is 0 Å². The van der Waals surface area contributed by atoms with Crippen molar-refractivity contribution >= 4 is 30.0 Å². The summed E-state index contributed by atoms with van der Waals surface area (Å²) in [5.74, 6) is -0.649. The lowest BCUT2D eigenvalue weighted by Gasteiger charge is -2.16. The first kappa shape index (κ1) is 15.5. The Bertz CT molecular complexity index is 425. The molecule has 0 unspecified atom stereocenters. The van der Waals surface area contributed by atoms with Crippen LogP contribution < -0.4 is 10.6 Å². The van der Waals surface area contributed by atoms with Gasteiger partial charge in [-0.1, -0.05) is 18.2 Å². The summed E-state index contributed by atoms with van der Waals surface area (Å²) in [5.41, 5.74) is 0.826. The SMILES string of the molecule is CC(=O)NC[C@@H](S)C(=O)[C@@H](O)CNc1ccccc1. The van der Waals surface area contributed by atoms with Crippen molar-refractivity contribution in [3.8, 4) is 0 Å². The summed E-state index contributed by atoms with van der Waals surface area (Å²) in [4.78, 5) is 22.5. The van der Waals surface area contributed by atoms with E-state index in [-0.39, 0.29) is 19.0 Å². The van der Waals surface area contributed by atoms with Crippen LogP contribution in [-0.4, -0.2) is 41.2 Å². The number of carbonyl (C=O) groups is 2. The zero-order valence-electron chi connectivity index (χ0n) is 10.7. The minimum absolute atomic E-state index is 0.111. The van der Waals surface area contributed by atoms with Gasteiger partial charge in [0, 0.05) is 25.7 Å². The fraction of sp³-hybridized carbons (Fsp3) is 0.385. The second-order valence-electron chi connectivity index (χ2n) is 4.12. The summed E-state index contributed by atoms with van der Waals surface area (Å²) in [6.07, 6.45) is -1.16. The molecule has 2 atom stereocenters. The number of carbonyl (C=O) groups excluding carboxylic acids is 2. The van der Waals surface area contributed by atoms with E-state index >= 15 is 0 Å². The van der Waals surface area contributed by atoms with Crippen molar-refractivity contribution in [1.29, 1.82) is 0 Å². The second kappa shape index (κ2) is 7.81. The molecule has 3 N–H and O–H groups in total. The molecule has 1 rings (SSSR count). The minimum atomic E-state index is -1.16. The first-order valence-corrected chi connectivity index (χ1v) is 6.45. The highest BCUT2D eigenvalue weighted by molar-refractivity contribution is 7.81. The predicted molar refractivity (Wildman–Crippen MR) is 77.4 cm³/mol. The maximum Gasteiger partial charge on any atom is 0.216 e. The lowest BCUT2D eigenvalue weighted by molar-refractivity contribution is -0.126. The Balaban J connectivity index is 2.38. The van der Waals surface area contributed by atoms with E-state index < -0.39 is 17.1 Å². The Morgan fingerprint density at radius 1 is 1.26 bits per heavy atom. The Morgan fingerprint density at radius 2 is 1.89 bits per heavy atom. The molecule has 104 valence electrons. The lowest BCUT2D eigenvalue weighted by Crippen LogP contribution is -2.40. The first-order valence-electron chi connectivity index (χ1n) is 5.94. The molecule has 0 radical (unpaired) electrons. The van der Waals surface area contributed by atoms with Gasteiger partial charge in [0.25, 0.3) is 0 Å². The Kier molecular flexibility index (Phi) is 6.38. The molecule has 0 saturated carbocycles. The Morgan fingerprint density at radius 3 is 2.47 bits per heavy atom. The van der Waals surface area contributed by atoms with E-state index in [4.69, 9.17) is 0 Å². The van der Waals surface area contributed by atoms with Gasteiger partial charge in [-0.15, -0.1) is 0 Å². The number of hydrogen-bond acceptors (Lipinski definition) is 5. The number of aliphatic hydroxyl groups is 1. The van der Waals surface area contributed by atoms with Crippen LogP contribution >= 0.6 is 12.6 Å². The van der Waals surface area contributed by atoms with Crippen LogP contribution in [0.2, 0.25) is 0 Å². The Labute approximate surface area is 117 Å². The smallest absolute Gasteiger partial charge is 0.216 e. The summed E-state index contributed by atoms with van der Waals surface area (Å²) in [6, 6.07) is 9.27. The largest absolute Gasteiger partial charge is 0.383 e. The van der Waals surface area contributed by atoms with Gasteiger partial charge < -0.3 is 15.7 Å². The molecule has 0 fully saturated rings. The molecule has 0 spiro atoms. The molecule has 1 aromatic carbocycles. The molecule has 1 aromatic rings. The summed E-state index contributed by atoms with van der Waals surface area (Å²) in [7, 11) is 0. The van der Waals surface area contributed by atoms with Gasteiger partial charge in [-0.3, -0.25) is 9.59 Å². The normalized spacial score (nSPS) is 13.4. The maximum absolute atomic E-state index is 11.8.